The number of hydrogen-bond acceptors (Lipinski definition) is 5. The molecule has 0 radical (unpaired) electrons. The number of benzene rings is 2. The number of thiazole rings is 1. The van der Waals surface area contributed by atoms with Crippen molar-refractivity contribution in [2.75, 3.05) is 11.5 Å². The summed E-state index contributed by atoms with van der Waals surface area (Å²) >= 11 is 1.10. The summed E-state index contributed by atoms with van der Waals surface area (Å²) in [6.07, 6.45) is -0.276. The molecule has 9 heteroatoms. The number of rotatable bonds is 7. The Morgan fingerprint density at radius 1 is 1.14 bits per heavy atom. The van der Waals surface area contributed by atoms with Crippen LogP contribution in [0.15, 0.2) is 36.4 Å². The molecule has 0 atom stereocenters. The molecule has 0 bridgehead atoms. The SMILES string of the molecule is CCOC(=O)CCC(=O)N(Cc1nc2c(F)c(F)ccc2s1)c1cccc(F)c1. The largest absolute Gasteiger partial charge is 0.466 e. The van der Waals surface area contributed by atoms with E-state index in [2.05, 4.69) is 4.98 Å². The summed E-state index contributed by atoms with van der Waals surface area (Å²) in [4.78, 5) is 29.7. The molecule has 5 nitrogen and oxygen atoms in total. The van der Waals surface area contributed by atoms with Gasteiger partial charge in [0.05, 0.1) is 24.3 Å². The van der Waals surface area contributed by atoms with Crippen LogP contribution in [0.4, 0.5) is 18.9 Å². The van der Waals surface area contributed by atoms with Crippen LogP contribution >= 0.6 is 11.3 Å². The Labute approximate surface area is 168 Å². The lowest BCUT2D eigenvalue weighted by Gasteiger charge is -2.22. The number of nitrogens with zero attached hydrogens (tertiary/aromatic N) is 2. The second-order valence-corrected chi connectivity index (χ2v) is 7.20. The molecule has 1 amide bonds. The number of fused-ring (bicyclic) bond motifs is 1. The fourth-order valence-corrected chi connectivity index (χ4v) is 3.68. The molecule has 0 fully saturated rings. The van der Waals surface area contributed by atoms with Crippen molar-refractivity contribution in [3.8, 4) is 0 Å². The molecule has 0 aliphatic heterocycles. The summed E-state index contributed by atoms with van der Waals surface area (Å²) in [5, 5.41) is 0.346. The number of carbonyl (C=O) groups excluding carboxylic acids is 2. The molecule has 0 aliphatic carbocycles. The maximum absolute atomic E-state index is 14.0. The number of ether oxygens (including phenoxy) is 1. The van der Waals surface area contributed by atoms with Crippen LogP contribution in [-0.2, 0) is 20.9 Å². The minimum absolute atomic E-state index is 0.0779. The minimum atomic E-state index is -1.06. The first-order valence-corrected chi connectivity index (χ1v) is 9.65. The number of anilines is 1. The standard InChI is InChI=1S/C20H17F3N2O3S/c1-2-28-18(27)9-8-17(26)25(13-5-3-4-12(21)10-13)11-16-24-20-15(29-16)7-6-14(22)19(20)23/h3-7,10H,2,8-9,11H2,1H3. The third kappa shape index (κ3) is 4.92. The van der Waals surface area contributed by atoms with Crippen molar-refractivity contribution in [2.24, 2.45) is 0 Å². The summed E-state index contributed by atoms with van der Waals surface area (Å²) in [5.74, 6) is -3.58. The van der Waals surface area contributed by atoms with Crippen LogP contribution < -0.4 is 4.90 Å². The first kappa shape index (κ1) is 20.8. The van der Waals surface area contributed by atoms with E-state index in [1.165, 1.54) is 29.2 Å². The van der Waals surface area contributed by atoms with Crippen LogP contribution in [0.3, 0.4) is 0 Å². The fourth-order valence-electron chi connectivity index (χ4n) is 2.73. The Morgan fingerprint density at radius 3 is 2.66 bits per heavy atom. The predicted molar refractivity (Wildman–Crippen MR) is 103 cm³/mol. The second kappa shape index (κ2) is 9.04. The number of esters is 1. The summed E-state index contributed by atoms with van der Waals surface area (Å²) in [5.41, 5.74) is 0.146. The van der Waals surface area contributed by atoms with Gasteiger partial charge in [0.15, 0.2) is 11.6 Å². The van der Waals surface area contributed by atoms with Crippen molar-refractivity contribution in [1.82, 2.24) is 4.98 Å². The Morgan fingerprint density at radius 2 is 1.93 bits per heavy atom. The van der Waals surface area contributed by atoms with Gasteiger partial charge >= 0.3 is 5.97 Å². The van der Waals surface area contributed by atoms with E-state index in [-0.39, 0.29) is 37.2 Å². The molecule has 3 rings (SSSR count). The van der Waals surface area contributed by atoms with Crippen LogP contribution in [0.2, 0.25) is 0 Å². The zero-order valence-corrected chi connectivity index (χ0v) is 16.3. The van der Waals surface area contributed by atoms with E-state index in [0.717, 1.165) is 17.4 Å². The Bertz CT molecular complexity index is 1050. The fraction of sp³-hybridized carbons (Fsp3) is 0.250. The summed E-state index contributed by atoms with van der Waals surface area (Å²) in [6.45, 7) is 1.79. The molecule has 3 aromatic rings. The van der Waals surface area contributed by atoms with Gasteiger partial charge in [-0.1, -0.05) is 6.07 Å². The molecule has 0 saturated heterocycles. The van der Waals surface area contributed by atoms with Crippen LogP contribution in [0.5, 0.6) is 0 Å². The smallest absolute Gasteiger partial charge is 0.306 e. The van der Waals surface area contributed by atoms with Crippen LogP contribution in [0, 0.1) is 17.5 Å². The predicted octanol–water partition coefficient (Wildman–Crippen LogP) is 4.59. The summed E-state index contributed by atoms with van der Waals surface area (Å²) < 4.78 is 46.3. The van der Waals surface area contributed by atoms with Gasteiger partial charge in [0.25, 0.3) is 0 Å². The summed E-state index contributed by atoms with van der Waals surface area (Å²) in [6, 6.07) is 7.82. The quantitative estimate of drug-likeness (QED) is 0.523. The normalized spacial score (nSPS) is 10.9. The van der Waals surface area contributed by atoms with Crippen molar-refractivity contribution in [3.05, 3.63) is 58.9 Å². The van der Waals surface area contributed by atoms with Gasteiger partial charge in [-0.2, -0.15) is 0 Å². The van der Waals surface area contributed by atoms with Gasteiger partial charge in [0, 0.05) is 12.1 Å². The Hall–Kier alpha value is -2.94. The van der Waals surface area contributed by atoms with Gasteiger partial charge in [-0.05, 0) is 37.3 Å². The van der Waals surface area contributed by atoms with Crippen LogP contribution in [-0.4, -0.2) is 23.5 Å². The lowest BCUT2D eigenvalue weighted by molar-refractivity contribution is -0.144. The minimum Gasteiger partial charge on any atom is -0.466 e. The molecular weight excluding hydrogens is 405 g/mol. The molecule has 0 N–H and O–H groups in total. The van der Waals surface area contributed by atoms with Gasteiger partial charge in [0.1, 0.15) is 16.3 Å². The molecule has 29 heavy (non-hydrogen) atoms. The molecule has 0 unspecified atom stereocenters. The maximum atomic E-state index is 14.0. The van der Waals surface area contributed by atoms with Crippen molar-refractivity contribution in [2.45, 2.75) is 26.3 Å². The zero-order valence-electron chi connectivity index (χ0n) is 15.5. The molecule has 1 aromatic heterocycles. The maximum Gasteiger partial charge on any atom is 0.306 e. The lowest BCUT2D eigenvalue weighted by atomic mass is 10.2. The van der Waals surface area contributed by atoms with E-state index in [1.807, 2.05) is 0 Å². The highest BCUT2D eigenvalue weighted by Crippen LogP contribution is 2.28. The zero-order chi connectivity index (χ0) is 21.0. The first-order valence-electron chi connectivity index (χ1n) is 8.84. The van der Waals surface area contributed by atoms with Gasteiger partial charge in [-0.3, -0.25) is 9.59 Å². The first-order chi connectivity index (χ1) is 13.9. The molecule has 1 heterocycles. The highest BCUT2D eigenvalue weighted by Gasteiger charge is 2.21. The molecule has 2 aromatic carbocycles. The van der Waals surface area contributed by atoms with Crippen molar-refractivity contribution in [3.63, 3.8) is 0 Å². The average Bonchev–Trinajstić information content (AvgIpc) is 3.11. The molecule has 0 aliphatic rings. The van der Waals surface area contributed by atoms with E-state index in [1.54, 1.807) is 13.0 Å². The van der Waals surface area contributed by atoms with Crippen LogP contribution in [0.1, 0.15) is 24.8 Å². The molecule has 152 valence electrons. The second-order valence-electron chi connectivity index (χ2n) is 6.08. The number of aromatic nitrogens is 1. The van der Waals surface area contributed by atoms with Gasteiger partial charge in [-0.25, -0.2) is 18.2 Å². The van der Waals surface area contributed by atoms with Crippen molar-refractivity contribution in [1.29, 1.82) is 0 Å². The Kier molecular flexibility index (Phi) is 6.48. The van der Waals surface area contributed by atoms with E-state index in [9.17, 15) is 22.8 Å². The highest BCUT2D eigenvalue weighted by molar-refractivity contribution is 7.18. The number of halogens is 3. The Balaban J connectivity index is 1.88. The van der Waals surface area contributed by atoms with Gasteiger partial charge in [-0.15, -0.1) is 11.3 Å². The van der Waals surface area contributed by atoms with E-state index in [0.29, 0.717) is 9.71 Å². The van der Waals surface area contributed by atoms with Crippen LogP contribution in [0.25, 0.3) is 10.2 Å². The number of amides is 1. The molecule has 0 saturated carbocycles. The number of carbonyl (C=O) groups is 2. The summed E-state index contributed by atoms with van der Waals surface area (Å²) in [7, 11) is 0. The van der Waals surface area contributed by atoms with E-state index in [4.69, 9.17) is 4.74 Å². The van der Waals surface area contributed by atoms with Crippen molar-refractivity contribution < 1.29 is 27.5 Å². The third-order valence-corrected chi connectivity index (χ3v) is 5.06. The third-order valence-electron chi connectivity index (χ3n) is 4.06. The van der Waals surface area contributed by atoms with E-state index >= 15 is 0 Å². The number of hydrogen-bond donors (Lipinski definition) is 0. The van der Waals surface area contributed by atoms with E-state index < -0.39 is 29.3 Å². The average molecular weight is 422 g/mol. The van der Waals surface area contributed by atoms with Gasteiger partial charge < -0.3 is 9.64 Å². The monoisotopic (exact) mass is 422 g/mol. The van der Waals surface area contributed by atoms with Gasteiger partial charge in [0.2, 0.25) is 5.91 Å². The highest BCUT2D eigenvalue weighted by atomic mass is 32.1. The molecular formula is C20H17F3N2O3S. The topological polar surface area (TPSA) is 59.5 Å². The molecule has 0 spiro atoms. The van der Waals surface area contributed by atoms with Crippen molar-refractivity contribution >= 4 is 39.1 Å². The lowest BCUT2D eigenvalue weighted by Crippen LogP contribution is -2.30.